The highest BCUT2D eigenvalue weighted by molar-refractivity contribution is 5.96. The van der Waals surface area contributed by atoms with E-state index < -0.39 is 12.2 Å². The maximum Gasteiger partial charge on any atom is 0.415 e. The van der Waals surface area contributed by atoms with Crippen LogP contribution in [0.5, 0.6) is 0 Å². The number of aryl methyl sites for hydroxylation is 1. The number of ether oxygens (including phenoxy) is 1. The van der Waals surface area contributed by atoms with Crippen LogP contribution in [0, 0.1) is 0 Å². The Bertz CT molecular complexity index is 905. The number of benzene rings is 1. The number of carbonyl (C=O) groups excluding carboxylic acids is 2. The van der Waals surface area contributed by atoms with Crippen LogP contribution in [0.1, 0.15) is 17.5 Å². The zero-order chi connectivity index (χ0) is 19.1. The zero-order valence-corrected chi connectivity index (χ0v) is 15.7. The van der Waals surface area contributed by atoms with E-state index in [1.807, 2.05) is 25.2 Å². The molecule has 1 aromatic carbocycles. The van der Waals surface area contributed by atoms with Gasteiger partial charge in [0.2, 0.25) is 0 Å². The van der Waals surface area contributed by atoms with Crippen molar-refractivity contribution in [1.29, 1.82) is 0 Å². The van der Waals surface area contributed by atoms with Gasteiger partial charge < -0.3 is 15.0 Å². The fourth-order valence-corrected chi connectivity index (χ4v) is 3.78. The first-order valence-electron chi connectivity index (χ1n) is 9.07. The minimum atomic E-state index is -0.760. The van der Waals surface area contributed by atoms with Gasteiger partial charge in [0.05, 0.1) is 12.2 Å². The van der Waals surface area contributed by atoms with Gasteiger partial charge in [-0.25, -0.2) is 4.79 Å². The van der Waals surface area contributed by atoms with E-state index in [1.54, 1.807) is 14.1 Å². The van der Waals surface area contributed by atoms with Crippen LogP contribution in [0.25, 0.3) is 11.3 Å². The average molecular weight is 369 g/mol. The molecule has 0 bridgehead atoms. The van der Waals surface area contributed by atoms with Crippen LogP contribution in [-0.4, -0.2) is 60.9 Å². The van der Waals surface area contributed by atoms with Crippen molar-refractivity contribution in [2.45, 2.75) is 25.4 Å². The van der Waals surface area contributed by atoms with Crippen molar-refractivity contribution in [3.8, 4) is 11.3 Å². The highest BCUT2D eigenvalue weighted by Crippen LogP contribution is 2.36. The van der Waals surface area contributed by atoms with Gasteiger partial charge in [0.15, 0.2) is 11.9 Å². The molecule has 0 unspecified atom stereocenters. The number of cyclic esters (lactones) is 1. The summed E-state index contributed by atoms with van der Waals surface area (Å²) in [6, 6.07) is 5.94. The number of hydrogen-bond donors (Lipinski definition) is 2. The van der Waals surface area contributed by atoms with Crippen LogP contribution in [0.2, 0.25) is 0 Å². The van der Waals surface area contributed by atoms with Crippen LogP contribution in [0.15, 0.2) is 18.2 Å². The summed E-state index contributed by atoms with van der Waals surface area (Å²) in [4.78, 5) is 27.4. The summed E-state index contributed by atoms with van der Waals surface area (Å²) < 4.78 is 5.27. The number of carbonyl (C=O) groups is 2. The Hall–Kier alpha value is -3.03. The molecule has 0 radical (unpaired) electrons. The van der Waals surface area contributed by atoms with E-state index in [0.717, 1.165) is 47.6 Å². The number of amides is 2. The molecule has 1 aliphatic heterocycles. The topological polar surface area (TPSA) is 90.6 Å². The maximum atomic E-state index is 12.3. The normalized spacial score (nSPS) is 18.4. The highest BCUT2D eigenvalue weighted by atomic mass is 16.6. The molecule has 27 heavy (non-hydrogen) atoms. The number of rotatable bonds is 3. The molecule has 2 N–H and O–H groups in total. The first-order valence-corrected chi connectivity index (χ1v) is 9.07. The summed E-state index contributed by atoms with van der Waals surface area (Å²) in [5.74, 6) is 0.678. The third-order valence-electron chi connectivity index (χ3n) is 5.17. The predicted octanol–water partition coefficient (Wildman–Crippen LogP) is 2.02. The second kappa shape index (κ2) is 6.61. The highest BCUT2D eigenvalue weighted by Gasteiger charge is 2.38. The standard InChI is InChI=1S/C19H23N5O3/c1-20-17-14-6-4-5-11-9-12(7-8-13(11)16(14)21-22-17)24-10-15(27-19(24)26)18(25)23(2)3/h7-9,15H,4-6,10H2,1-3H3,(H2,20,21,22)/t15-/m1/s1. The number of aromatic nitrogens is 2. The van der Waals surface area contributed by atoms with E-state index in [9.17, 15) is 9.59 Å². The smallest absolute Gasteiger partial charge is 0.415 e. The van der Waals surface area contributed by atoms with Crippen molar-refractivity contribution in [3.63, 3.8) is 0 Å². The molecule has 2 heterocycles. The van der Waals surface area contributed by atoms with Crippen LogP contribution in [0.3, 0.4) is 0 Å². The molecular weight excluding hydrogens is 346 g/mol. The summed E-state index contributed by atoms with van der Waals surface area (Å²) in [7, 11) is 5.18. The number of likely N-dealkylation sites (N-methyl/N-ethyl adjacent to an activating group) is 1. The second-order valence-electron chi connectivity index (χ2n) is 7.09. The lowest BCUT2D eigenvalue weighted by atomic mass is 10.0. The van der Waals surface area contributed by atoms with Crippen molar-refractivity contribution in [2.24, 2.45) is 0 Å². The van der Waals surface area contributed by atoms with Crippen molar-refractivity contribution in [1.82, 2.24) is 15.1 Å². The number of nitrogens with one attached hydrogen (secondary N) is 2. The molecule has 4 rings (SSSR count). The Morgan fingerprint density at radius 3 is 2.93 bits per heavy atom. The largest absolute Gasteiger partial charge is 0.434 e. The van der Waals surface area contributed by atoms with E-state index >= 15 is 0 Å². The minimum Gasteiger partial charge on any atom is -0.434 e. The number of H-pyrrole nitrogens is 1. The molecule has 142 valence electrons. The van der Waals surface area contributed by atoms with Crippen molar-refractivity contribution >= 4 is 23.5 Å². The van der Waals surface area contributed by atoms with Crippen LogP contribution < -0.4 is 10.2 Å². The molecule has 0 saturated carbocycles. The van der Waals surface area contributed by atoms with Gasteiger partial charge in [-0.15, -0.1) is 0 Å². The Labute approximate surface area is 157 Å². The van der Waals surface area contributed by atoms with Gasteiger partial charge in [-0.1, -0.05) is 6.07 Å². The summed E-state index contributed by atoms with van der Waals surface area (Å²) in [6.07, 6.45) is 1.62. The number of anilines is 2. The van der Waals surface area contributed by atoms with E-state index in [1.165, 1.54) is 15.4 Å². The lowest BCUT2D eigenvalue weighted by Gasteiger charge is -2.16. The fraction of sp³-hybridized carbons (Fsp3) is 0.421. The van der Waals surface area contributed by atoms with E-state index in [0.29, 0.717) is 0 Å². The van der Waals surface area contributed by atoms with Crippen LogP contribution in [0.4, 0.5) is 16.3 Å². The fourth-order valence-electron chi connectivity index (χ4n) is 3.78. The van der Waals surface area contributed by atoms with Gasteiger partial charge in [-0.3, -0.25) is 14.8 Å². The molecule has 8 heteroatoms. The number of fused-ring (bicyclic) bond motifs is 3. The first-order chi connectivity index (χ1) is 13.0. The second-order valence-corrected chi connectivity index (χ2v) is 7.09. The summed E-state index contributed by atoms with van der Waals surface area (Å²) in [5.41, 5.74) is 5.25. The van der Waals surface area contributed by atoms with Crippen molar-refractivity contribution < 1.29 is 14.3 Å². The van der Waals surface area contributed by atoms with Gasteiger partial charge in [0.1, 0.15) is 0 Å². The first kappa shape index (κ1) is 17.4. The molecule has 1 saturated heterocycles. The van der Waals surface area contributed by atoms with Crippen LogP contribution in [-0.2, 0) is 22.4 Å². The Balaban J connectivity index is 1.65. The molecule has 1 fully saturated rings. The van der Waals surface area contributed by atoms with Gasteiger partial charge in [0.25, 0.3) is 5.91 Å². The number of hydrogen-bond acceptors (Lipinski definition) is 5. The Kier molecular flexibility index (Phi) is 4.25. The molecule has 8 nitrogen and oxygen atoms in total. The molecule has 1 aromatic heterocycles. The lowest BCUT2D eigenvalue weighted by Crippen LogP contribution is -2.36. The SMILES string of the molecule is CNc1n[nH]c2c1CCCc1cc(N3C[C@H](C(=O)N(C)C)OC3=O)ccc1-2. The Morgan fingerprint density at radius 1 is 1.37 bits per heavy atom. The molecule has 1 atom stereocenters. The molecule has 2 amide bonds. The van der Waals surface area contributed by atoms with Crippen LogP contribution >= 0.6 is 0 Å². The Morgan fingerprint density at radius 2 is 2.19 bits per heavy atom. The van der Waals surface area contributed by atoms with Gasteiger partial charge in [-0.05, 0) is 37.0 Å². The van der Waals surface area contributed by atoms with E-state index in [4.69, 9.17) is 4.74 Å². The number of nitrogens with zero attached hydrogens (tertiary/aromatic N) is 3. The maximum absolute atomic E-state index is 12.3. The van der Waals surface area contributed by atoms with Crippen molar-refractivity contribution in [2.75, 3.05) is 37.9 Å². The van der Waals surface area contributed by atoms with E-state index in [-0.39, 0.29) is 12.5 Å². The molecular formula is C19H23N5O3. The molecule has 2 aromatic rings. The van der Waals surface area contributed by atoms with Crippen molar-refractivity contribution in [3.05, 3.63) is 29.3 Å². The van der Waals surface area contributed by atoms with Gasteiger partial charge >= 0.3 is 6.09 Å². The molecule has 1 aliphatic carbocycles. The van der Waals surface area contributed by atoms with Gasteiger partial charge in [-0.2, -0.15) is 5.10 Å². The summed E-state index contributed by atoms with van der Waals surface area (Å²) in [5, 5.41) is 10.6. The lowest BCUT2D eigenvalue weighted by molar-refractivity contribution is -0.135. The predicted molar refractivity (Wildman–Crippen MR) is 102 cm³/mol. The zero-order valence-electron chi connectivity index (χ0n) is 15.7. The minimum absolute atomic E-state index is 0.206. The third kappa shape index (κ3) is 2.90. The quantitative estimate of drug-likeness (QED) is 0.864. The number of aromatic amines is 1. The van der Waals surface area contributed by atoms with E-state index in [2.05, 4.69) is 15.5 Å². The summed E-state index contributed by atoms with van der Waals surface area (Å²) >= 11 is 0. The van der Waals surface area contributed by atoms with Gasteiger partial charge in [0, 0.05) is 38.0 Å². The molecule has 0 spiro atoms. The summed E-state index contributed by atoms with van der Waals surface area (Å²) in [6.45, 7) is 0.230. The molecule has 2 aliphatic rings. The average Bonchev–Trinajstić information content (AvgIpc) is 3.19. The monoisotopic (exact) mass is 369 g/mol. The third-order valence-corrected chi connectivity index (χ3v) is 5.17.